The fourth-order valence-corrected chi connectivity index (χ4v) is 2.00. The Morgan fingerprint density at radius 3 is 1.65 bits per heavy atom. The van der Waals surface area contributed by atoms with Gasteiger partial charge < -0.3 is 4.74 Å². The molecule has 2 nitrogen and oxygen atoms in total. The van der Waals surface area contributed by atoms with E-state index in [1.165, 1.54) is 57.8 Å². The number of ether oxygens (including phenoxy) is 1. The van der Waals surface area contributed by atoms with Crippen LogP contribution < -0.4 is 0 Å². The summed E-state index contributed by atoms with van der Waals surface area (Å²) in [6, 6.07) is 0. The van der Waals surface area contributed by atoms with Crippen LogP contribution in [0.3, 0.4) is 0 Å². The van der Waals surface area contributed by atoms with E-state index in [0.29, 0.717) is 6.61 Å². The third-order valence-corrected chi connectivity index (χ3v) is 3.07. The van der Waals surface area contributed by atoms with E-state index in [9.17, 15) is 4.79 Å². The molecule has 102 valence electrons. The average molecular weight is 263 g/mol. The van der Waals surface area contributed by atoms with Gasteiger partial charge in [-0.1, -0.05) is 71.1 Å². The van der Waals surface area contributed by atoms with Crippen molar-refractivity contribution in [2.75, 3.05) is 6.61 Å². The summed E-state index contributed by atoms with van der Waals surface area (Å²) in [6.45, 7) is 2.72. The maximum absolute atomic E-state index is 10.3. The first kappa shape index (κ1) is 16.8. The lowest BCUT2D eigenvalue weighted by molar-refractivity contribution is 0.170. The van der Waals surface area contributed by atoms with Gasteiger partial charge in [0.2, 0.25) is 0 Å². The average Bonchev–Trinajstić information content (AvgIpc) is 2.30. The second-order valence-corrected chi connectivity index (χ2v) is 4.93. The lowest BCUT2D eigenvalue weighted by atomic mass is 10.1. The van der Waals surface area contributed by atoms with Crippen LogP contribution in [0.4, 0.5) is 4.79 Å². The van der Waals surface area contributed by atoms with Crippen molar-refractivity contribution >= 4 is 17.0 Å². The van der Waals surface area contributed by atoms with Crippen molar-refractivity contribution < 1.29 is 9.53 Å². The van der Waals surface area contributed by atoms with Crippen molar-refractivity contribution in [1.29, 1.82) is 0 Å². The molecule has 0 rings (SSSR count). The number of carbonyl (C=O) groups excluding carboxylic acids is 1. The predicted octanol–water partition coefficient (Wildman–Crippen LogP) is 5.67. The summed E-state index contributed by atoms with van der Waals surface area (Å²) >= 11 is 5.05. The Morgan fingerprint density at radius 2 is 1.24 bits per heavy atom. The smallest absolute Gasteiger partial charge is 0.403 e. The molecular formula is C14H27ClO2. The van der Waals surface area contributed by atoms with E-state index in [4.69, 9.17) is 11.6 Å². The summed E-state index contributed by atoms with van der Waals surface area (Å²) in [4.78, 5) is 10.3. The van der Waals surface area contributed by atoms with Crippen molar-refractivity contribution in [3.8, 4) is 0 Å². The largest absolute Gasteiger partial charge is 0.454 e. The highest BCUT2D eigenvalue weighted by Gasteiger charge is 1.95. The lowest BCUT2D eigenvalue weighted by Crippen LogP contribution is -1.96. The van der Waals surface area contributed by atoms with Crippen LogP contribution in [0.25, 0.3) is 0 Å². The van der Waals surface area contributed by atoms with Crippen LogP contribution in [0.15, 0.2) is 0 Å². The molecule has 0 aliphatic rings. The monoisotopic (exact) mass is 262 g/mol. The Labute approximate surface area is 111 Å². The van der Waals surface area contributed by atoms with Crippen molar-refractivity contribution in [1.82, 2.24) is 0 Å². The maximum atomic E-state index is 10.3. The van der Waals surface area contributed by atoms with E-state index >= 15 is 0 Å². The fourth-order valence-electron chi connectivity index (χ4n) is 1.92. The SMILES string of the molecule is CCCCCCCCCCCCCOC(=O)Cl. The van der Waals surface area contributed by atoms with Crippen LogP contribution in [-0.4, -0.2) is 12.0 Å². The quantitative estimate of drug-likeness (QED) is 0.334. The van der Waals surface area contributed by atoms with Gasteiger partial charge in [0, 0.05) is 11.6 Å². The highest BCUT2D eigenvalue weighted by Crippen LogP contribution is 2.11. The third-order valence-electron chi connectivity index (χ3n) is 2.96. The molecule has 0 amide bonds. The first-order chi connectivity index (χ1) is 8.27. The maximum Gasteiger partial charge on any atom is 0.403 e. The zero-order chi connectivity index (χ0) is 12.8. The molecule has 0 aliphatic heterocycles. The topological polar surface area (TPSA) is 26.3 Å². The van der Waals surface area contributed by atoms with Gasteiger partial charge in [-0.3, -0.25) is 0 Å². The summed E-state index contributed by atoms with van der Waals surface area (Å²) in [6.07, 6.45) is 14.3. The summed E-state index contributed by atoms with van der Waals surface area (Å²) in [5, 5.41) is 0. The Hall–Kier alpha value is -0.240. The molecule has 0 saturated heterocycles. The molecule has 0 aromatic heterocycles. The number of hydrogen-bond acceptors (Lipinski definition) is 2. The van der Waals surface area contributed by atoms with Gasteiger partial charge in [-0.25, -0.2) is 4.79 Å². The second-order valence-electron chi connectivity index (χ2n) is 4.62. The summed E-state index contributed by atoms with van der Waals surface area (Å²) in [5.74, 6) is 0. The highest BCUT2D eigenvalue weighted by atomic mass is 35.5. The van der Waals surface area contributed by atoms with Gasteiger partial charge in [0.25, 0.3) is 0 Å². The molecule has 0 fully saturated rings. The Morgan fingerprint density at radius 1 is 0.824 bits per heavy atom. The number of carbonyl (C=O) groups is 1. The molecule has 0 aromatic carbocycles. The molecule has 0 spiro atoms. The van der Waals surface area contributed by atoms with Crippen LogP contribution in [0, 0.1) is 0 Å². The fraction of sp³-hybridized carbons (Fsp3) is 0.929. The van der Waals surface area contributed by atoms with Crippen molar-refractivity contribution in [2.45, 2.75) is 77.6 Å². The molecule has 0 unspecified atom stereocenters. The molecule has 0 aromatic rings. The van der Waals surface area contributed by atoms with Gasteiger partial charge in [-0.2, -0.15) is 0 Å². The first-order valence-corrected chi connectivity index (χ1v) is 7.47. The van der Waals surface area contributed by atoms with Crippen LogP contribution in [-0.2, 0) is 4.74 Å². The normalized spacial score (nSPS) is 10.5. The standard InChI is InChI=1S/C14H27ClO2/c1-2-3-4-5-6-7-8-9-10-11-12-13-17-14(15)16/h2-13H2,1H3. The summed E-state index contributed by atoms with van der Waals surface area (Å²) in [7, 11) is 0. The minimum atomic E-state index is -0.683. The predicted molar refractivity (Wildman–Crippen MR) is 73.7 cm³/mol. The number of halogens is 1. The molecule has 17 heavy (non-hydrogen) atoms. The van der Waals surface area contributed by atoms with Crippen molar-refractivity contribution in [2.24, 2.45) is 0 Å². The Kier molecular flexibility index (Phi) is 13.6. The molecule has 0 aliphatic carbocycles. The molecule has 0 radical (unpaired) electrons. The summed E-state index contributed by atoms with van der Waals surface area (Å²) < 4.78 is 4.65. The third kappa shape index (κ3) is 15.8. The van der Waals surface area contributed by atoms with E-state index in [-0.39, 0.29) is 0 Å². The Bertz CT molecular complexity index is 172. The molecule has 0 saturated carbocycles. The zero-order valence-corrected chi connectivity index (χ0v) is 11.9. The minimum Gasteiger partial charge on any atom is -0.454 e. The number of unbranched alkanes of at least 4 members (excludes halogenated alkanes) is 10. The minimum absolute atomic E-state index is 0.472. The van der Waals surface area contributed by atoms with E-state index in [2.05, 4.69) is 11.7 Å². The van der Waals surface area contributed by atoms with Gasteiger partial charge >= 0.3 is 5.43 Å². The van der Waals surface area contributed by atoms with Gasteiger partial charge in [0.1, 0.15) is 0 Å². The van der Waals surface area contributed by atoms with Gasteiger partial charge in [-0.15, -0.1) is 0 Å². The van der Waals surface area contributed by atoms with E-state index in [1.807, 2.05) is 0 Å². The molecule has 0 atom stereocenters. The van der Waals surface area contributed by atoms with Gasteiger partial charge in [0.05, 0.1) is 6.61 Å². The molecule has 0 bridgehead atoms. The zero-order valence-electron chi connectivity index (χ0n) is 11.2. The highest BCUT2D eigenvalue weighted by molar-refractivity contribution is 6.61. The van der Waals surface area contributed by atoms with Crippen LogP contribution in [0.5, 0.6) is 0 Å². The lowest BCUT2D eigenvalue weighted by Gasteiger charge is -2.02. The second kappa shape index (κ2) is 13.8. The van der Waals surface area contributed by atoms with Crippen LogP contribution in [0.1, 0.15) is 77.6 Å². The van der Waals surface area contributed by atoms with Crippen molar-refractivity contribution in [3.63, 3.8) is 0 Å². The van der Waals surface area contributed by atoms with Crippen molar-refractivity contribution in [3.05, 3.63) is 0 Å². The molecular weight excluding hydrogens is 236 g/mol. The van der Waals surface area contributed by atoms with Crippen LogP contribution >= 0.6 is 11.6 Å². The van der Waals surface area contributed by atoms with E-state index < -0.39 is 5.43 Å². The van der Waals surface area contributed by atoms with Gasteiger partial charge in [-0.05, 0) is 6.42 Å². The molecule has 0 heterocycles. The Balaban J connectivity index is 2.91. The first-order valence-electron chi connectivity index (χ1n) is 7.09. The van der Waals surface area contributed by atoms with E-state index in [0.717, 1.165) is 12.8 Å². The van der Waals surface area contributed by atoms with Gasteiger partial charge in [0.15, 0.2) is 0 Å². The van der Waals surface area contributed by atoms with E-state index in [1.54, 1.807) is 0 Å². The number of hydrogen-bond donors (Lipinski definition) is 0. The molecule has 3 heteroatoms. The van der Waals surface area contributed by atoms with Crippen LogP contribution in [0.2, 0.25) is 0 Å². The summed E-state index contributed by atoms with van der Waals surface area (Å²) in [5.41, 5.74) is -0.683. The number of rotatable bonds is 12. The molecule has 0 N–H and O–H groups in total.